The number of aromatic carboxylic acids is 1. The second-order valence-corrected chi connectivity index (χ2v) is 5.05. The largest absolute Gasteiger partial charge is 0.478 e. The van der Waals surface area contributed by atoms with Crippen LogP contribution in [0, 0.1) is 5.82 Å². The van der Waals surface area contributed by atoms with E-state index in [9.17, 15) is 9.18 Å². The molecule has 0 saturated carbocycles. The molecule has 20 heavy (non-hydrogen) atoms. The molecule has 0 atom stereocenters. The van der Waals surface area contributed by atoms with Crippen LogP contribution in [-0.2, 0) is 0 Å². The molecule has 0 spiro atoms. The van der Waals surface area contributed by atoms with Crippen LogP contribution in [-0.4, -0.2) is 42.2 Å². The van der Waals surface area contributed by atoms with E-state index in [0.717, 1.165) is 31.8 Å². The summed E-state index contributed by atoms with van der Waals surface area (Å²) in [6.07, 6.45) is 3.74. The predicted molar refractivity (Wildman–Crippen MR) is 76.6 cm³/mol. The third kappa shape index (κ3) is 3.60. The Morgan fingerprint density at radius 1 is 1.35 bits per heavy atom. The van der Waals surface area contributed by atoms with Gasteiger partial charge in [0.2, 0.25) is 0 Å². The van der Waals surface area contributed by atoms with Crippen molar-refractivity contribution in [3.05, 3.63) is 23.5 Å². The fraction of sp³-hybridized carbons (Fsp3) is 0.500. The lowest BCUT2D eigenvalue weighted by Crippen LogP contribution is -2.33. The van der Waals surface area contributed by atoms with Crippen LogP contribution in [0.25, 0.3) is 0 Å². The molecule has 5 nitrogen and oxygen atoms in total. The highest BCUT2D eigenvalue weighted by Crippen LogP contribution is 2.23. The maximum Gasteiger partial charge on any atom is 0.338 e. The van der Waals surface area contributed by atoms with Crippen LogP contribution >= 0.6 is 0 Å². The number of rotatable bonds is 5. The zero-order valence-corrected chi connectivity index (χ0v) is 11.4. The summed E-state index contributed by atoms with van der Waals surface area (Å²) >= 11 is 0. The van der Waals surface area contributed by atoms with Crippen molar-refractivity contribution in [2.75, 3.05) is 37.2 Å². The first-order valence-electron chi connectivity index (χ1n) is 6.86. The summed E-state index contributed by atoms with van der Waals surface area (Å²) in [7, 11) is 0. The van der Waals surface area contributed by atoms with Crippen LogP contribution < -0.4 is 11.1 Å². The van der Waals surface area contributed by atoms with E-state index < -0.39 is 17.3 Å². The average Bonchev–Trinajstić information content (AvgIpc) is 2.43. The number of carbonyl (C=O) groups is 1. The number of piperidine rings is 1. The number of hydrogen-bond donors (Lipinski definition) is 3. The van der Waals surface area contributed by atoms with Crippen molar-refractivity contribution in [1.29, 1.82) is 0 Å². The van der Waals surface area contributed by atoms with Crippen LogP contribution in [0.1, 0.15) is 29.6 Å². The quantitative estimate of drug-likeness (QED) is 0.719. The number of nitrogens with two attached hydrogens (primary N) is 1. The zero-order valence-electron chi connectivity index (χ0n) is 11.4. The molecule has 1 heterocycles. The first kappa shape index (κ1) is 14.6. The molecule has 0 radical (unpaired) electrons. The summed E-state index contributed by atoms with van der Waals surface area (Å²) < 4.78 is 13.6. The maximum absolute atomic E-state index is 13.6. The lowest BCUT2D eigenvalue weighted by Gasteiger charge is -2.26. The van der Waals surface area contributed by atoms with E-state index >= 15 is 0 Å². The summed E-state index contributed by atoms with van der Waals surface area (Å²) in [5.74, 6) is -2.08. The van der Waals surface area contributed by atoms with Crippen LogP contribution in [0.15, 0.2) is 12.1 Å². The van der Waals surface area contributed by atoms with Crippen molar-refractivity contribution in [3.63, 3.8) is 0 Å². The molecule has 0 bridgehead atoms. The molecule has 0 unspecified atom stereocenters. The van der Waals surface area contributed by atoms with Gasteiger partial charge in [-0.25, -0.2) is 9.18 Å². The molecular weight excluding hydrogens is 261 g/mol. The van der Waals surface area contributed by atoms with E-state index in [4.69, 9.17) is 10.8 Å². The van der Waals surface area contributed by atoms with Gasteiger partial charge >= 0.3 is 5.97 Å². The normalized spacial score (nSPS) is 16.1. The molecule has 4 N–H and O–H groups in total. The first-order valence-corrected chi connectivity index (χ1v) is 6.86. The molecule has 110 valence electrons. The number of nitrogens with zero attached hydrogens (tertiary/aromatic N) is 1. The Balaban J connectivity index is 1.92. The van der Waals surface area contributed by atoms with Crippen LogP contribution in [0.4, 0.5) is 15.8 Å². The first-order chi connectivity index (χ1) is 9.58. The molecule has 1 aromatic rings. The number of nitrogens with one attached hydrogen (secondary N) is 1. The molecule has 0 aliphatic carbocycles. The van der Waals surface area contributed by atoms with Gasteiger partial charge < -0.3 is 21.1 Å². The highest BCUT2D eigenvalue weighted by Gasteiger charge is 2.14. The van der Waals surface area contributed by atoms with E-state index in [-0.39, 0.29) is 5.69 Å². The molecule has 0 amide bonds. The zero-order chi connectivity index (χ0) is 14.5. The second kappa shape index (κ2) is 6.56. The van der Waals surface area contributed by atoms with Crippen molar-refractivity contribution in [2.45, 2.75) is 19.3 Å². The second-order valence-electron chi connectivity index (χ2n) is 5.05. The van der Waals surface area contributed by atoms with Gasteiger partial charge in [0.05, 0.1) is 16.9 Å². The molecule has 2 rings (SSSR count). The number of nitrogen functional groups attached to an aromatic ring is 1. The smallest absolute Gasteiger partial charge is 0.338 e. The van der Waals surface area contributed by atoms with Gasteiger partial charge in [0.25, 0.3) is 0 Å². The van der Waals surface area contributed by atoms with Gasteiger partial charge in [-0.2, -0.15) is 0 Å². The fourth-order valence-corrected chi connectivity index (χ4v) is 2.44. The Morgan fingerprint density at radius 3 is 2.70 bits per heavy atom. The van der Waals surface area contributed by atoms with Gasteiger partial charge in [0.15, 0.2) is 0 Å². The number of benzene rings is 1. The maximum atomic E-state index is 13.6. The fourth-order valence-electron chi connectivity index (χ4n) is 2.44. The van der Waals surface area contributed by atoms with E-state index in [1.807, 2.05) is 0 Å². The van der Waals surface area contributed by atoms with Gasteiger partial charge in [-0.3, -0.25) is 0 Å². The molecule has 1 fully saturated rings. The van der Waals surface area contributed by atoms with Crippen LogP contribution in [0.5, 0.6) is 0 Å². The number of carboxylic acids is 1. The Bertz CT molecular complexity index is 488. The Labute approximate surface area is 117 Å². The van der Waals surface area contributed by atoms with Gasteiger partial charge in [0.1, 0.15) is 5.82 Å². The van der Waals surface area contributed by atoms with Gasteiger partial charge in [0, 0.05) is 13.1 Å². The monoisotopic (exact) mass is 281 g/mol. The topological polar surface area (TPSA) is 78.6 Å². The van der Waals surface area contributed by atoms with E-state index in [2.05, 4.69) is 10.2 Å². The number of halogens is 1. The van der Waals surface area contributed by atoms with E-state index in [1.165, 1.54) is 19.3 Å². The lowest BCUT2D eigenvalue weighted by molar-refractivity contribution is 0.0692. The summed E-state index contributed by atoms with van der Waals surface area (Å²) in [4.78, 5) is 13.1. The van der Waals surface area contributed by atoms with Crippen molar-refractivity contribution < 1.29 is 14.3 Å². The summed E-state index contributed by atoms with van der Waals surface area (Å²) in [6.45, 7) is 3.74. The van der Waals surface area contributed by atoms with Crippen LogP contribution in [0.2, 0.25) is 0 Å². The third-order valence-corrected chi connectivity index (χ3v) is 3.56. The van der Waals surface area contributed by atoms with Crippen molar-refractivity contribution >= 4 is 17.3 Å². The standard InChI is InChI=1S/C14H20FN3O2/c15-11-9-13(12(16)8-10(11)14(19)20)17-4-7-18-5-2-1-3-6-18/h8-9,17H,1-7,16H2,(H,19,20). The Hall–Kier alpha value is -1.82. The number of carboxylic acid groups (broad SMARTS) is 1. The number of likely N-dealkylation sites (tertiary alicyclic amines) is 1. The predicted octanol–water partition coefficient (Wildman–Crippen LogP) is 2.00. The Morgan fingerprint density at radius 2 is 2.05 bits per heavy atom. The van der Waals surface area contributed by atoms with Gasteiger partial charge in [-0.15, -0.1) is 0 Å². The minimum atomic E-state index is -1.31. The van der Waals surface area contributed by atoms with E-state index in [0.29, 0.717) is 12.2 Å². The number of anilines is 2. The van der Waals surface area contributed by atoms with Gasteiger partial charge in [-0.05, 0) is 38.1 Å². The number of hydrogen-bond acceptors (Lipinski definition) is 4. The highest BCUT2D eigenvalue weighted by atomic mass is 19.1. The van der Waals surface area contributed by atoms with Crippen molar-refractivity contribution in [2.24, 2.45) is 0 Å². The Kier molecular flexibility index (Phi) is 4.79. The van der Waals surface area contributed by atoms with E-state index in [1.54, 1.807) is 0 Å². The van der Waals surface area contributed by atoms with Crippen molar-refractivity contribution in [1.82, 2.24) is 4.90 Å². The molecule has 0 aromatic heterocycles. The summed E-state index contributed by atoms with van der Waals surface area (Å²) in [5, 5.41) is 11.9. The molecular formula is C14H20FN3O2. The summed E-state index contributed by atoms with van der Waals surface area (Å²) in [6, 6.07) is 2.30. The third-order valence-electron chi connectivity index (χ3n) is 3.56. The molecule has 1 aromatic carbocycles. The average molecular weight is 281 g/mol. The van der Waals surface area contributed by atoms with Crippen LogP contribution in [0.3, 0.4) is 0 Å². The van der Waals surface area contributed by atoms with Crippen molar-refractivity contribution in [3.8, 4) is 0 Å². The minimum absolute atomic E-state index is 0.252. The summed E-state index contributed by atoms with van der Waals surface area (Å²) in [5.41, 5.74) is 6.04. The molecule has 6 heteroatoms. The SMILES string of the molecule is Nc1cc(C(=O)O)c(F)cc1NCCN1CCCCC1. The van der Waals surface area contributed by atoms with Gasteiger partial charge in [-0.1, -0.05) is 6.42 Å². The highest BCUT2D eigenvalue weighted by molar-refractivity contribution is 5.90. The minimum Gasteiger partial charge on any atom is -0.478 e. The molecule has 1 aliphatic heterocycles. The molecule has 1 aliphatic rings. The lowest BCUT2D eigenvalue weighted by atomic mass is 10.1. The molecule has 1 saturated heterocycles.